The predicted molar refractivity (Wildman–Crippen MR) is 76.7 cm³/mol. The third-order valence-electron chi connectivity index (χ3n) is 5.18. The van der Waals surface area contributed by atoms with Crippen molar-refractivity contribution in [1.29, 1.82) is 5.26 Å². The summed E-state index contributed by atoms with van der Waals surface area (Å²) in [5.74, 6) is 0.624. The minimum Gasteiger partial charge on any atom is -0.396 e. The number of nitrogens with one attached hydrogen (secondary N) is 1. The van der Waals surface area contributed by atoms with Crippen LogP contribution in [-0.4, -0.2) is 24.2 Å². The van der Waals surface area contributed by atoms with Gasteiger partial charge < -0.3 is 10.4 Å². The molecule has 0 aromatic carbocycles. The molecule has 112 valence electrons. The van der Waals surface area contributed by atoms with Gasteiger partial charge in [-0.25, -0.2) is 0 Å². The van der Waals surface area contributed by atoms with Gasteiger partial charge in [-0.3, -0.25) is 4.79 Å². The number of hydrogen-bond acceptors (Lipinski definition) is 3. The second kappa shape index (κ2) is 7.08. The van der Waals surface area contributed by atoms with E-state index in [0.29, 0.717) is 31.2 Å². The number of aliphatic hydroxyl groups is 1. The van der Waals surface area contributed by atoms with Crippen molar-refractivity contribution in [3.05, 3.63) is 0 Å². The van der Waals surface area contributed by atoms with Crippen molar-refractivity contribution in [3.63, 3.8) is 0 Å². The molecule has 2 rings (SSSR count). The average Bonchev–Trinajstić information content (AvgIpc) is 2.79. The standard InChI is InChI=1S/C16H26N2O2/c17-12-16(8-3-1-2-4-9-16)15(20)18-10-13-6-5-7-14(13)11-19/h13-14,19H,1-11H2,(H,18,20). The first-order valence-electron chi connectivity index (χ1n) is 8.02. The van der Waals surface area contributed by atoms with Crippen LogP contribution in [0.4, 0.5) is 0 Å². The van der Waals surface area contributed by atoms with E-state index in [4.69, 9.17) is 0 Å². The lowest BCUT2D eigenvalue weighted by Gasteiger charge is -2.25. The normalized spacial score (nSPS) is 29.4. The molecule has 0 aromatic rings. The Hall–Kier alpha value is -1.08. The van der Waals surface area contributed by atoms with Gasteiger partial charge in [0.2, 0.25) is 5.91 Å². The van der Waals surface area contributed by atoms with Crippen LogP contribution in [0, 0.1) is 28.6 Å². The molecule has 0 heterocycles. The van der Waals surface area contributed by atoms with Crippen LogP contribution in [0.3, 0.4) is 0 Å². The van der Waals surface area contributed by atoms with Crippen LogP contribution in [0.1, 0.15) is 57.8 Å². The first-order valence-corrected chi connectivity index (χ1v) is 8.02. The Morgan fingerprint density at radius 1 is 1.15 bits per heavy atom. The monoisotopic (exact) mass is 278 g/mol. The number of nitriles is 1. The van der Waals surface area contributed by atoms with E-state index in [1.165, 1.54) is 0 Å². The molecule has 20 heavy (non-hydrogen) atoms. The van der Waals surface area contributed by atoms with E-state index >= 15 is 0 Å². The van der Waals surface area contributed by atoms with Gasteiger partial charge in [-0.15, -0.1) is 0 Å². The minimum atomic E-state index is -0.802. The molecule has 0 bridgehead atoms. The lowest BCUT2D eigenvalue weighted by atomic mass is 9.80. The summed E-state index contributed by atoms with van der Waals surface area (Å²) < 4.78 is 0. The highest BCUT2D eigenvalue weighted by molar-refractivity contribution is 5.85. The summed E-state index contributed by atoms with van der Waals surface area (Å²) in [5.41, 5.74) is -0.802. The van der Waals surface area contributed by atoms with Crippen LogP contribution in [0.5, 0.6) is 0 Å². The van der Waals surface area contributed by atoms with Gasteiger partial charge in [-0.05, 0) is 37.5 Å². The molecule has 4 nitrogen and oxygen atoms in total. The topological polar surface area (TPSA) is 73.1 Å². The molecule has 2 saturated carbocycles. The Bertz CT molecular complexity index is 367. The number of aliphatic hydroxyl groups excluding tert-OH is 1. The Kier molecular flexibility index (Phi) is 5.42. The molecule has 2 unspecified atom stereocenters. The van der Waals surface area contributed by atoms with Crippen molar-refractivity contribution < 1.29 is 9.90 Å². The number of hydrogen-bond donors (Lipinski definition) is 2. The molecule has 1 amide bonds. The largest absolute Gasteiger partial charge is 0.396 e. The molecule has 0 saturated heterocycles. The van der Waals surface area contributed by atoms with Gasteiger partial charge in [0.25, 0.3) is 0 Å². The summed E-state index contributed by atoms with van der Waals surface area (Å²) in [5, 5.41) is 21.8. The summed E-state index contributed by atoms with van der Waals surface area (Å²) >= 11 is 0. The summed E-state index contributed by atoms with van der Waals surface area (Å²) in [6.07, 6.45) is 8.87. The van der Waals surface area contributed by atoms with Gasteiger partial charge in [-0.2, -0.15) is 5.26 Å². The molecule has 2 aliphatic rings. The summed E-state index contributed by atoms with van der Waals surface area (Å²) in [4.78, 5) is 12.5. The summed E-state index contributed by atoms with van der Waals surface area (Å²) in [7, 11) is 0. The van der Waals surface area contributed by atoms with Gasteiger partial charge in [0, 0.05) is 13.2 Å². The fourth-order valence-electron chi connectivity index (χ4n) is 3.74. The number of carbonyl (C=O) groups is 1. The van der Waals surface area contributed by atoms with Crippen LogP contribution in [0.15, 0.2) is 0 Å². The highest BCUT2D eigenvalue weighted by atomic mass is 16.3. The van der Waals surface area contributed by atoms with Crippen molar-refractivity contribution in [2.24, 2.45) is 17.3 Å². The van der Waals surface area contributed by atoms with Crippen LogP contribution in [0.25, 0.3) is 0 Å². The van der Waals surface area contributed by atoms with Gasteiger partial charge in [0.1, 0.15) is 5.41 Å². The molecular weight excluding hydrogens is 252 g/mol. The van der Waals surface area contributed by atoms with Gasteiger partial charge in [-0.1, -0.05) is 32.1 Å². The molecule has 2 N–H and O–H groups in total. The van der Waals surface area contributed by atoms with Gasteiger partial charge >= 0.3 is 0 Å². The molecule has 0 radical (unpaired) electrons. The fourth-order valence-corrected chi connectivity index (χ4v) is 3.74. The van der Waals surface area contributed by atoms with E-state index in [1.54, 1.807) is 0 Å². The summed E-state index contributed by atoms with van der Waals surface area (Å²) in [6, 6.07) is 2.30. The number of carbonyl (C=O) groups excluding carboxylic acids is 1. The minimum absolute atomic E-state index is 0.0783. The van der Waals surface area contributed by atoms with E-state index in [1.807, 2.05) is 0 Å². The number of nitrogens with zero attached hydrogens (tertiary/aromatic N) is 1. The molecule has 4 heteroatoms. The fraction of sp³-hybridized carbons (Fsp3) is 0.875. The molecule has 2 fully saturated rings. The Labute approximate surface area is 121 Å². The third-order valence-corrected chi connectivity index (χ3v) is 5.18. The van der Waals surface area contributed by atoms with E-state index in [0.717, 1.165) is 44.9 Å². The Morgan fingerprint density at radius 2 is 1.80 bits per heavy atom. The average molecular weight is 278 g/mol. The van der Waals surface area contributed by atoms with Crippen LogP contribution in [0.2, 0.25) is 0 Å². The maximum atomic E-state index is 12.5. The van der Waals surface area contributed by atoms with E-state index in [2.05, 4.69) is 11.4 Å². The van der Waals surface area contributed by atoms with Crippen molar-refractivity contribution in [3.8, 4) is 6.07 Å². The van der Waals surface area contributed by atoms with Crippen molar-refractivity contribution in [1.82, 2.24) is 5.32 Å². The van der Waals surface area contributed by atoms with Crippen LogP contribution in [-0.2, 0) is 4.79 Å². The van der Waals surface area contributed by atoms with Crippen molar-refractivity contribution >= 4 is 5.91 Å². The van der Waals surface area contributed by atoms with Crippen molar-refractivity contribution in [2.75, 3.05) is 13.2 Å². The molecule has 2 atom stereocenters. The highest BCUT2D eigenvalue weighted by Crippen LogP contribution is 2.35. The SMILES string of the molecule is N#CC1(C(=O)NCC2CCCC2CO)CCCCCC1. The van der Waals surface area contributed by atoms with E-state index in [-0.39, 0.29) is 12.5 Å². The Balaban J connectivity index is 1.91. The first kappa shape index (κ1) is 15.3. The van der Waals surface area contributed by atoms with Crippen LogP contribution >= 0.6 is 0 Å². The third kappa shape index (κ3) is 3.32. The zero-order chi connectivity index (χ0) is 14.4. The molecule has 0 aromatic heterocycles. The highest BCUT2D eigenvalue weighted by Gasteiger charge is 2.39. The van der Waals surface area contributed by atoms with Crippen molar-refractivity contribution in [2.45, 2.75) is 57.8 Å². The zero-order valence-electron chi connectivity index (χ0n) is 12.2. The molecule has 0 aliphatic heterocycles. The van der Waals surface area contributed by atoms with Gasteiger partial charge in [0.15, 0.2) is 0 Å². The van der Waals surface area contributed by atoms with Gasteiger partial charge in [0.05, 0.1) is 6.07 Å². The number of rotatable bonds is 4. The second-order valence-electron chi connectivity index (χ2n) is 6.45. The van der Waals surface area contributed by atoms with Crippen LogP contribution < -0.4 is 5.32 Å². The first-order chi connectivity index (χ1) is 9.72. The zero-order valence-corrected chi connectivity index (χ0v) is 12.2. The molecular formula is C16H26N2O2. The maximum absolute atomic E-state index is 12.5. The quantitative estimate of drug-likeness (QED) is 0.775. The maximum Gasteiger partial charge on any atom is 0.240 e. The molecule has 2 aliphatic carbocycles. The second-order valence-corrected chi connectivity index (χ2v) is 6.45. The lowest BCUT2D eigenvalue weighted by molar-refractivity contribution is -0.129. The van der Waals surface area contributed by atoms with E-state index < -0.39 is 5.41 Å². The smallest absolute Gasteiger partial charge is 0.240 e. The lowest BCUT2D eigenvalue weighted by Crippen LogP contribution is -2.42. The molecule has 0 spiro atoms. The summed E-state index contributed by atoms with van der Waals surface area (Å²) in [6.45, 7) is 0.831. The number of amides is 1. The predicted octanol–water partition coefficient (Wildman–Crippen LogP) is 2.38. The Morgan fingerprint density at radius 3 is 2.40 bits per heavy atom. The van der Waals surface area contributed by atoms with E-state index in [9.17, 15) is 15.2 Å².